The SMILES string of the molecule is CCCCCCC/C=C\CCCCCCCC(=O)OC(COCCCCCCCCCC)COP(=O)(O)OCC(O)CO. The summed E-state index contributed by atoms with van der Waals surface area (Å²) >= 11 is 0. The molecule has 0 aliphatic rings. The van der Waals surface area contributed by atoms with Crippen LogP contribution in [0.4, 0.5) is 0 Å². The number of rotatable bonds is 33. The summed E-state index contributed by atoms with van der Waals surface area (Å²) in [6.45, 7) is 3.46. The Morgan fingerprint density at radius 2 is 1.19 bits per heavy atom. The summed E-state index contributed by atoms with van der Waals surface area (Å²) in [7, 11) is -4.50. The molecule has 0 bridgehead atoms. The third-order valence-electron chi connectivity index (χ3n) is 7.20. The number of aliphatic hydroxyl groups is 2. The molecular weight excluding hydrogens is 571 g/mol. The van der Waals surface area contributed by atoms with Crippen LogP contribution >= 0.6 is 7.82 Å². The average molecular weight is 637 g/mol. The van der Waals surface area contributed by atoms with Gasteiger partial charge in [0.2, 0.25) is 0 Å². The molecule has 9 nitrogen and oxygen atoms in total. The number of esters is 1. The molecule has 0 aliphatic carbocycles. The van der Waals surface area contributed by atoms with Gasteiger partial charge in [0.15, 0.2) is 0 Å². The Hall–Kier alpha value is -0.800. The highest BCUT2D eigenvalue weighted by molar-refractivity contribution is 7.47. The van der Waals surface area contributed by atoms with Crippen molar-refractivity contribution < 1.29 is 43.0 Å². The molecule has 256 valence electrons. The van der Waals surface area contributed by atoms with Gasteiger partial charge in [-0.2, -0.15) is 0 Å². The third kappa shape index (κ3) is 31.0. The normalized spacial score (nSPS) is 14.6. The van der Waals surface area contributed by atoms with Crippen molar-refractivity contribution in [2.45, 2.75) is 161 Å². The van der Waals surface area contributed by atoms with E-state index in [0.29, 0.717) is 6.61 Å². The first-order valence-corrected chi connectivity index (χ1v) is 18.7. The third-order valence-corrected chi connectivity index (χ3v) is 8.15. The maximum atomic E-state index is 12.5. The first-order chi connectivity index (χ1) is 20.8. The summed E-state index contributed by atoms with van der Waals surface area (Å²) in [4.78, 5) is 22.3. The van der Waals surface area contributed by atoms with Crippen LogP contribution in [0.25, 0.3) is 0 Å². The van der Waals surface area contributed by atoms with Gasteiger partial charge in [-0.15, -0.1) is 0 Å². The fraction of sp³-hybridized carbons (Fsp3) is 0.909. The van der Waals surface area contributed by atoms with Crippen LogP contribution < -0.4 is 0 Å². The van der Waals surface area contributed by atoms with Gasteiger partial charge in [0.05, 0.1) is 26.4 Å². The molecule has 10 heteroatoms. The zero-order valence-corrected chi connectivity index (χ0v) is 28.3. The molecule has 0 aliphatic heterocycles. The van der Waals surface area contributed by atoms with Crippen molar-refractivity contribution in [3.8, 4) is 0 Å². The van der Waals surface area contributed by atoms with Crippen LogP contribution in [0.2, 0.25) is 0 Å². The summed E-state index contributed by atoms with van der Waals surface area (Å²) in [6, 6.07) is 0. The molecule has 0 aromatic carbocycles. The second-order valence-electron chi connectivity index (χ2n) is 11.5. The number of aliphatic hydroxyl groups excluding tert-OH is 2. The molecule has 43 heavy (non-hydrogen) atoms. The van der Waals surface area contributed by atoms with Crippen LogP contribution in [0, 0.1) is 0 Å². The van der Waals surface area contributed by atoms with E-state index in [4.69, 9.17) is 23.6 Å². The lowest BCUT2D eigenvalue weighted by Gasteiger charge is -2.20. The predicted molar refractivity (Wildman–Crippen MR) is 173 cm³/mol. The molecule has 0 fully saturated rings. The van der Waals surface area contributed by atoms with Gasteiger partial charge in [0.25, 0.3) is 0 Å². The van der Waals surface area contributed by atoms with E-state index < -0.39 is 39.2 Å². The Balaban J connectivity index is 4.26. The van der Waals surface area contributed by atoms with Crippen molar-refractivity contribution in [1.82, 2.24) is 0 Å². The molecule has 0 saturated heterocycles. The molecular formula is C33H65O9P. The number of unbranched alkanes of at least 4 members (excludes halogenated alkanes) is 17. The van der Waals surface area contributed by atoms with E-state index >= 15 is 0 Å². The van der Waals surface area contributed by atoms with Crippen molar-refractivity contribution in [3.05, 3.63) is 12.2 Å². The minimum absolute atomic E-state index is 0.0494. The Morgan fingerprint density at radius 3 is 1.74 bits per heavy atom. The van der Waals surface area contributed by atoms with Crippen molar-refractivity contribution >= 4 is 13.8 Å². The molecule has 0 spiro atoms. The van der Waals surface area contributed by atoms with E-state index in [1.807, 2.05) is 0 Å². The average Bonchev–Trinajstić information content (AvgIpc) is 2.99. The van der Waals surface area contributed by atoms with Gasteiger partial charge in [-0.3, -0.25) is 13.8 Å². The lowest BCUT2D eigenvalue weighted by molar-refractivity contribution is -0.154. The van der Waals surface area contributed by atoms with E-state index in [1.54, 1.807) is 0 Å². The smallest absolute Gasteiger partial charge is 0.457 e. The molecule has 0 rings (SSSR count). The number of phosphoric ester groups is 1. The topological polar surface area (TPSA) is 132 Å². The number of carbonyl (C=O) groups is 1. The van der Waals surface area contributed by atoms with E-state index in [9.17, 15) is 19.4 Å². The highest BCUT2D eigenvalue weighted by Crippen LogP contribution is 2.43. The lowest BCUT2D eigenvalue weighted by Crippen LogP contribution is -2.29. The van der Waals surface area contributed by atoms with Crippen LogP contribution in [0.5, 0.6) is 0 Å². The van der Waals surface area contributed by atoms with Gasteiger partial charge in [-0.1, -0.05) is 116 Å². The quantitative estimate of drug-likeness (QED) is 0.0282. The number of hydrogen-bond donors (Lipinski definition) is 3. The van der Waals surface area contributed by atoms with Crippen molar-refractivity contribution in [1.29, 1.82) is 0 Å². The summed E-state index contributed by atoms with van der Waals surface area (Å²) in [6.07, 6.45) is 26.0. The zero-order valence-electron chi connectivity index (χ0n) is 27.4. The number of ether oxygens (including phenoxy) is 2. The second kappa shape index (κ2) is 31.2. The number of carbonyl (C=O) groups excluding carboxylic acids is 1. The highest BCUT2D eigenvalue weighted by atomic mass is 31.2. The van der Waals surface area contributed by atoms with E-state index in [0.717, 1.165) is 57.8 Å². The van der Waals surface area contributed by atoms with E-state index in [1.165, 1.54) is 70.6 Å². The molecule has 0 heterocycles. The summed E-state index contributed by atoms with van der Waals surface area (Å²) in [5.41, 5.74) is 0. The largest absolute Gasteiger partial charge is 0.472 e. The van der Waals surface area contributed by atoms with Gasteiger partial charge in [0.1, 0.15) is 12.2 Å². The van der Waals surface area contributed by atoms with E-state index in [2.05, 4.69) is 26.0 Å². The Labute approximate surface area is 262 Å². The number of allylic oxidation sites excluding steroid dienone is 2. The fourth-order valence-electron chi connectivity index (χ4n) is 4.52. The van der Waals surface area contributed by atoms with Crippen LogP contribution in [0.15, 0.2) is 12.2 Å². The van der Waals surface area contributed by atoms with Crippen LogP contribution in [0.3, 0.4) is 0 Å². The van der Waals surface area contributed by atoms with Gasteiger partial charge < -0.3 is 24.6 Å². The molecule has 0 amide bonds. The maximum Gasteiger partial charge on any atom is 0.472 e. The monoisotopic (exact) mass is 636 g/mol. The van der Waals surface area contributed by atoms with Crippen LogP contribution in [-0.4, -0.2) is 66.3 Å². The Bertz CT molecular complexity index is 689. The predicted octanol–water partition coefficient (Wildman–Crippen LogP) is 8.19. The zero-order chi connectivity index (χ0) is 31.9. The van der Waals surface area contributed by atoms with Gasteiger partial charge in [-0.25, -0.2) is 4.57 Å². The summed E-state index contributed by atoms with van der Waals surface area (Å²) in [5.74, 6) is -0.393. The van der Waals surface area contributed by atoms with Gasteiger partial charge in [-0.05, 0) is 38.5 Å². The maximum absolute atomic E-state index is 12.5. The fourth-order valence-corrected chi connectivity index (χ4v) is 5.31. The second-order valence-corrected chi connectivity index (χ2v) is 13.0. The summed E-state index contributed by atoms with van der Waals surface area (Å²) in [5, 5.41) is 18.2. The molecule has 0 aromatic heterocycles. The first-order valence-electron chi connectivity index (χ1n) is 17.2. The van der Waals surface area contributed by atoms with Gasteiger partial charge >= 0.3 is 13.8 Å². The molecule has 0 aromatic rings. The standard InChI is InChI=1S/C33H65O9P/c1-3-5-7-9-11-13-14-15-16-17-18-19-21-23-25-33(36)42-32(30-41-43(37,38)40-28-31(35)27-34)29-39-26-24-22-20-12-10-8-6-4-2/h14-15,31-32,34-35H,3-13,16-30H2,1-2H3,(H,37,38)/b15-14-. The van der Waals surface area contributed by atoms with Crippen molar-refractivity contribution in [3.63, 3.8) is 0 Å². The molecule has 3 N–H and O–H groups in total. The molecule has 3 unspecified atom stereocenters. The molecule has 0 radical (unpaired) electrons. The Kier molecular flexibility index (Phi) is 30.6. The molecule has 0 saturated carbocycles. The lowest BCUT2D eigenvalue weighted by atomic mass is 10.1. The van der Waals surface area contributed by atoms with Gasteiger partial charge in [0, 0.05) is 13.0 Å². The number of phosphoric acid groups is 1. The number of hydrogen-bond acceptors (Lipinski definition) is 8. The molecule has 3 atom stereocenters. The summed E-state index contributed by atoms with van der Waals surface area (Å²) < 4.78 is 33.0. The van der Waals surface area contributed by atoms with Crippen LogP contribution in [0.1, 0.15) is 149 Å². The minimum Gasteiger partial charge on any atom is -0.457 e. The van der Waals surface area contributed by atoms with Crippen LogP contribution in [-0.2, 0) is 27.9 Å². The van der Waals surface area contributed by atoms with Crippen molar-refractivity contribution in [2.24, 2.45) is 0 Å². The Morgan fingerprint density at radius 1 is 0.698 bits per heavy atom. The van der Waals surface area contributed by atoms with E-state index in [-0.39, 0.29) is 19.6 Å². The minimum atomic E-state index is -4.50. The highest BCUT2D eigenvalue weighted by Gasteiger charge is 2.26. The van der Waals surface area contributed by atoms with Crippen molar-refractivity contribution in [2.75, 3.05) is 33.0 Å². The first kappa shape index (κ1) is 42.2.